The van der Waals surface area contributed by atoms with E-state index in [4.69, 9.17) is 0 Å². The molecule has 0 aliphatic carbocycles. The third-order valence-corrected chi connectivity index (χ3v) is 2.78. The van der Waals surface area contributed by atoms with Gasteiger partial charge in [0, 0.05) is 18.8 Å². The minimum Gasteiger partial charge on any atom is -0.344 e. The Balaban J connectivity index is 2.12. The summed E-state index contributed by atoms with van der Waals surface area (Å²) >= 11 is 0. The molecule has 0 aliphatic heterocycles. The average molecular weight is 248 g/mol. The van der Waals surface area contributed by atoms with Crippen LogP contribution in [0.25, 0.3) is 0 Å². The third-order valence-electron chi connectivity index (χ3n) is 2.78. The molecule has 0 bridgehead atoms. The molecular formula is C11H16N6O. The number of aromatic nitrogens is 5. The van der Waals surface area contributed by atoms with E-state index in [1.807, 2.05) is 20.2 Å². The normalized spacial score (nSPS) is 12.4. The minimum atomic E-state index is -0.225. The first-order chi connectivity index (χ1) is 8.61. The maximum atomic E-state index is 12.0. The van der Waals surface area contributed by atoms with Crippen LogP contribution in [-0.4, -0.2) is 31.1 Å². The van der Waals surface area contributed by atoms with Gasteiger partial charge in [0.2, 0.25) is 0 Å². The quantitative estimate of drug-likeness (QED) is 0.834. The fourth-order valence-electron chi connectivity index (χ4n) is 1.77. The van der Waals surface area contributed by atoms with Gasteiger partial charge in [-0.25, -0.2) is 0 Å². The molecule has 2 N–H and O–H groups in total. The Morgan fingerprint density at radius 2 is 2.33 bits per heavy atom. The molecular weight excluding hydrogens is 232 g/mol. The summed E-state index contributed by atoms with van der Waals surface area (Å²) in [6.07, 6.45) is 4.43. The van der Waals surface area contributed by atoms with Gasteiger partial charge in [0.15, 0.2) is 5.69 Å². The molecule has 1 amide bonds. The van der Waals surface area contributed by atoms with Crippen molar-refractivity contribution in [1.29, 1.82) is 0 Å². The lowest BCUT2D eigenvalue weighted by atomic mass is 10.1. The van der Waals surface area contributed by atoms with E-state index in [9.17, 15) is 4.79 Å². The van der Waals surface area contributed by atoms with Gasteiger partial charge < -0.3 is 5.32 Å². The standard InChI is InChI=1S/C11H16N6O/c1-4-9(8-5-12-17(3)6-8)13-11(18)10-7(2)14-16-15-10/h5-6,9H,4H2,1-3H3,(H,13,18)(H,14,15,16)/t9-/m0/s1. The van der Waals surface area contributed by atoms with E-state index in [2.05, 4.69) is 25.8 Å². The fraction of sp³-hybridized carbons (Fsp3) is 0.455. The van der Waals surface area contributed by atoms with Gasteiger partial charge in [-0.15, -0.1) is 0 Å². The number of carbonyl (C=O) groups is 1. The predicted molar refractivity (Wildman–Crippen MR) is 64.8 cm³/mol. The van der Waals surface area contributed by atoms with E-state index < -0.39 is 0 Å². The van der Waals surface area contributed by atoms with Gasteiger partial charge in [-0.05, 0) is 13.3 Å². The largest absolute Gasteiger partial charge is 0.344 e. The van der Waals surface area contributed by atoms with Crippen molar-refractivity contribution in [3.8, 4) is 0 Å². The van der Waals surface area contributed by atoms with Crippen molar-refractivity contribution in [1.82, 2.24) is 30.5 Å². The second-order valence-electron chi connectivity index (χ2n) is 4.14. The lowest BCUT2D eigenvalue weighted by Gasteiger charge is -2.14. The maximum absolute atomic E-state index is 12.0. The molecule has 0 spiro atoms. The van der Waals surface area contributed by atoms with Crippen LogP contribution in [0.2, 0.25) is 0 Å². The first-order valence-corrected chi connectivity index (χ1v) is 5.78. The highest BCUT2D eigenvalue weighted by atomic mass is 16.2. The van der Waals surface area contributed by atoms with Crippen LogP contribution in [-0.2, 0) is 7.05 Å². The third kappa shape index (κ3) is 2.39. The van der Waals surface area contributed by atoms with Gasteiger partial charge in [-0.1, -0.05) is 6.92 Å². The number of hydrogen-bond donors (Lipinski definition) is 2. The van der Waals surface area contributed by atoms with E-state index in [-0.39, 0.29) is 11.9 Å². The number of H-pyrrole nitrogens is 1. The molecule has 18 heavy (non-hydrogen) atoms. The van der Waals surface area contributed by atoms with E-state index in [1.165, 1.54) is 0 Å². The first kappa shape index (κ1) is 12.3. The van der Waals surface area contributed by atoms with Crippen LogP contribution >= 0.6 is 0 Å². The molecule has 0 saturated heterocycles. The van der Waals surface area contributed by atoms with Gasteiger partial charge in [0.25, 0.3) is 5.91 Å². The van der Waals surface area contributed by atoms with E-state index in [0.717, 1.165) is 12.0 Å². The van der Waals surface area contributed by atoms with E-state index in [1.54, 1.807) is 17.8 Å². The smallest absolute Gasteiger partial charge is 0.274 e. The van der Waals surface area contributed by atoms with E-state index in [0.29, 0.717) is 11.4 Å². The Labute approximate surface area is 105 Å². The highest BCUT2D eigenvalue weighted by Crippen LogP contribution is 2.16. The van der Waals surface area contributed by atoms with Crippen molar-refractivity contribution in [2.24, 2.45) is 7.05 Å². The minimum absolute atomic E-state index is 0.0673. The fourth-order valence-corrected chi connectivity index (χ4v) is 1.77. The zero-order chi connectivity index (χ0) is 13.1. The van der Waals surface area contributed by atoms with E-state index >= 15 is 0 Å². The summed E-state index contributed by atoms with van der Waals surface area (Å²) in [6.45, 7) is 3.75. The molecule has 0 aliphatic rings. The number of nitrogens with one attached hydrogen (secondary N) is 2. The number of hydrogen-bond acceptors (Lipinski definition) is 4. The maximum Gasteiger partial charge on any atom is 0.274 e. The second kappa shape index (κ2) is 4.99. The monoisotopic (exact) mass is 248 g/mol. The predicted octanol–water partition coefficient (Wildman–Crippen LogP) is 0.728. The summed E-state index contributed by atoms with van der Waals surface area (Å²) < 4.78 is 1.71. The van der Waals surface area contributed by atoms with Crippen LogP contribution in [0, 0.1) is 6.92 Å². The van der Waals surface area contributed by atoms with Crippen molar-refractivity contribution in [2.75, 3.05) is 0 Å². The van der Waals surface area contributed by atoms with Gasteiger partial charge in [0.05, 0.1) is 17.9 Å². The van der Waals surface area contributed by atoms with Crippen LogP contribution in [0.5, 0.6) is 0 Å². The number of carbonyl (C=O) groups excluding carboxylic acids is 1. The summed E-state index contributed by atoms with van der Waals surface area (Å²) in [5, 5.41) is 17.1. The zero-order valence-electron chi connectivity index (χ0n) is 10.6. The molecule has 0 aromatic carbocycles. The Morgan fingerprint density at radius 1 is 1.56 bits per heavy atom. The molecule has 96 valence electrons. The van der Waals surface area contributed by atoms with Crippen molar-refractivity contribution in [2.45, 2.75) is 26.3 Å². The molecule has 0 radical (unpaired) electrons. The lowest BCUT2D eigenvalue weighted by Crippen LogP contribution is -2.28. The Kier molecular flexibility index (Phi) is 3.40. The molecule has 7 heteroatoms. The van der Waals surface area contributed by atoms with Crippen LogP contribution in [0.1, 0.15) is 41.1 Å². The molecule has 7 nitrogen and oxygen atoms in total. The summed E-state index contributed by atoms with van der Waals surface area (Å²) in [6, 6.07) is -0.0673. The summed E-state index contributed by atoms with van der Waals surface area (Å²) in [5.41, 5.74) is 1.90. The number of amides is 1. The van der Waals surface area contributed by atoms with Gasteiger partial charge in [0.1, 0.15) is 0 Å². The highest BCUT2D eigenvalue weighted by Gasteiger charge is 2.18. The van der Waals surface area contributed by atoms with Crippen molar-refractivity contribution >= 4 is 5.91 Å². The summed E-state index contributed by atoms with van der Waals surface area (Å²) in [7, 11) is 1.85. The van der Waals surface area contributed by atoms with Crippen LogP contribution in [0.4, 0.5) is 0 Å². The molecule has 0 saturated carbocycles. The number of aromatic amines is 1. The molecule has 0 fully saturated rings. The van der Waals surface area contributed by atoms with Crippen molar-refractivity contribution in [3.63, 3.8) is 0 Å². The molecule has 2 aromatic heterocycles. The molecule has 2 aromatic rings. The Hall–Kier alpha value is -2.18. The Morgan fingerprint density at radius 3 is 2.83 bits per heavy atom. The van der Waals surface area contributed by atoms with Crippen molar-refractivity contribution < 1.29 is 4.79 Å². The number of rotatable bonds is 4. The molecule has 2 rings (SSSR count). The van der Waals surface area contributed by atoms with Crippen LogP contribution in [0.15, 0.2) is 12.4 Å². The highest BCUT2D eigenvalue weighted by molar-refractivity contribution is 5.93. The van der Waals surface area contributed by atoms with Crippen LogP contribution in [0.3, 0.4) is 0 Å². The topological polar surface area (TPSA) is 88.5 Å². The lowest BCUT2D eigenvalue weighted by molar-refractivity contribution is 0.0930. The first-order valence-electron chi connectivity index (χ1n) is 5.78. The molecule has 0 unspecified atom stereocenters. The van der Waals surface area contributed by atoms with Crippen molar-refractivity contribution in [3.05, 3.63) is 29.3 Å². The average Bonchev–Trinajstić information content (AvgIpc) is 2.94. The van der Waals surface area contributed by atoms with Gasteiger partial charge in [-0.2, -0.15) is 20.5 Å². The van der Waals surface area contributed by atoms with Gasteiger partial charge >= 0.3 is 0 Å². The summed E-state index contributed by atoms with van der Waals surface area (Å²) in [4.78, 5) is 12.0. The zero-order valence-corrected chi connectivity index (χ0v) is 10.6. The number of aryl methyl sites for hydroxylation is 2. The van der Waals surface area contributed by atoms with Crippen LogP contribution < -0.4 is 5.32 Å². The van der Waals surface area contributed by atoms with Gasteiger partial charge in [-0.3, -0.25) is 9.48 Å². The molecule has 2 heterocycles. The summed E-state index contributed by atoms with van der Waals surface area (Å²) in [5.74, 6) is -0.225. The Bertz CT molecular complexity index is 543. The SMILES string of the molecule is CC[C@H](NC(=O)c1n[nH]nc1C)c1cnn(C)c1. The second-order valence-corrected chi connectivity index (χ2v) is 4.14. The number of nitrogens with zero attached hydrogens (tertiary/aromatic N) is 4. The molecule has 1 atom stereocenters.